The number of para-hydroxylation sites is 1. The monoisotopic (exact) mass is 304 g/mol. The smallest absolute Gasteiger partial charge is 0.242 e. The molecule has 0 saturated carbocycles. The van der Waals surface area contributed by atoms with Crippen LogP contribution in [0.1, 0.15) is 6.92 Å². The first-order valence-corrected chi connectivity index (χ1v) is 7.90. The van der Waals surface area contributed by atoms with Crippen molar-refractivity contribution in [3.63, 3.8) is 0 Å². The third-order valence-electron chi connectivity index (χ3n) is 2.82. The van der Waals surface area contributed by atoms with Crippen LogP contribution in [0.4, 0.5) is 5.69 Å². The summed E-state index contributed by atoms with van der Waals surface area (Å²) in [5.41, 5.74) is 0.619. The van der Waals surface area contributed by atoms with Crippen molar-refractivity contribution in [3.05, 3.63) is 60.7 Å². The Morgan fingerprint density at radius 2 is 1.48 bits per heavy atom. The van der Waals surface area contributed by atoms with Crippen LogP contribution in [0.15, 0.2) is 65.6 Å². The Morgan fingerprint density at radius 1 is 0.952 bits per heavy atom. The summed E-state index contributed by atoms with van der Waals surface area (Å²) in [6.45, 7) is 1.50. The second kappa shape index (κ2) is 6.51. The average Bonchev–Trinajstić information content (AvgIpc) is 2.48. The van der Waals surface area contributed by atoms with Gasteiger partial charge < -0.3 is 5.32 Å². The molecule has 0 bridgehead atoms. The van der Waals surface area contributed by atoms with Crippen molar-refractivity contribution >= 4 is 21.6 Å². The van der Waals surface area contributed by atoms with Gasteiger partial charge in [0.15, 0.2) is 0 Å². The maximum atomic E-state index is 12.1. The molecular formula is C15H16N2O3S. The number of hydrogen-bond donors (Lipinski definition) is 2. The highest BCUT2D eigenvalue weighted by molar-refractivity contribution is 7.89. The zero-order chi connectivity index (χ0) is 15.3. The van der Waals surface area contributed by atoms with E-state index in [0.29, 0.717) is 5.69 Å². The van der Waals surface area contributed by atoms with Gasteiger partial charge in [-0.3, -0.25) is 4.79 Å². The molecule has 2 rings (SSSR count). The summed E-state index contributed by atoms with van der Waals surface area (Å²) in [5, 5.41) is 2.65. The molecule has 21 heavy (non-hydrogen) atoms. The summed E-state index contributed by atoms with van der Waals surface area (Å²) >= 11 is 0. The van der Waals surface area contributed by atoms with Crippen molar-refractivity contribution in [1.29, 1.82) is 0 Å². The summed E-state index contributed by atoms with van der Waals surface area (Å²) in [6.07, 6.45) is 0. The number of nitrogens with one attached hydrogen (secondary N) is 2. The van der Waals surface area contributed by atoms with E-state index >= 15 is 0 Å². The van der Waals surface area contributed by atoms with E-state index in [9.17, 15) is 13.2 Å². The molecule has 1 amide bonds. The Morgan fingerprint density at radius 3 is 2.05 bits per heavy atom. The number of rotatable bonds is 5. The molecule has 6 heteroatoms. The third kappa shape index (κ3) is 4.14. The zero-order valence-electron chi connectivity index (χ0n) is 11.5. The van der Waals surface area contributed by atoms with Gasteiger partial charge in [-0.2, -0.15) is 4.72 Å². The summed E-state index contributed by atoms with van der Waals surface area (Å²) in [7, 11) is -3.71. The van der Waals surface area contributed by atoms with Crippen molar-refractivity contribution in [3.8, 4) is 0 Å². The Labute approximate surface area is 124 Å². The first-order chi connectivity index (χ1) is 9.99. The summed E-state index contributed by atoms with van der Waals surface area (Å²) in [5.74, 6) is -0.416. The zero-order valence-corrected chi connectivity index (χ0v) is 12.3. The van der Waals surface area contributed by atoms with Gasteiger partial charge >= 0.3 is 0 Å². The predicted octanol–water partition coefficient (Wildman–Crippen LogP) is 1.99. The molecule has 0 aromatic heterocycles. The number of benzene rings is 2. The lowest BCUT2D eigenvalue weighted by Crippen LogP contribution is -2.41. The highest BCUT2D eigenvalue weighted by atomic mass is 32.2. The van der Waals surface area contributed by atoms with E-state index in [0.717, 1.165) is 0 Å². The molecule has 2 N–H and O–H groups in total. The first kappa shape index (κ1) is 15.2. The fourth-order valence-corrected chi connectivity index (χ4v) is 2.95. The first-order valence-electron chi connectivity index (χ1n) is 6.42. The second-order valence-electron chi connectivity index (χ2n) is 4.51. The lowest BCUT2D eigenvalue weighted by molar-refractivity contribution is -0.117. The molecule has 0 aliphatic heterocycles. The van der Waals surface area contributed by atoms with Crippen LogP contribution in [0.3, 0.4) is 0 Å². The summed E-state index contributed by atoms with van der Waals surface area (Å²) < 4.78 is 26.6. The van der Waals surface area contributed by atoms with E-state index in [4.69, 9.17) is 0 Å². The van der Waals surface area contributed by atoms with Gasteiger partial charge in [0.2, 0.25) is 15.9 Å². The predicted molar refractivity (Wildman–Crippen MR) is 81.3 cm³/mol. The van der Waals surface area contributed by atoms with Crippen molar-refractivity contribution in [2.75, 3.05) is 5.32 Å². The molecule has 0 heterocycles. The van der Waals surface area contributed by atoms with Gasteiger partial charge in [-0.05, 0) is 31.2 Å². The van der Waals surface area contributed by atoms with Gasteiger partial charge in [0, 0.05) is 5.69 Å². The Bertz CT molecular complexity index is 700. The minimum absolute atomic E-state index is 0.129. The van der Waals surface area contributed by atoms with E-state index in [2.05, 4.69) is 10.0 Å². The molecule has 0 aliphatic carbocycles. The quantitative estimate of drug-likeness (QED) is 0.887. The van der Waals surface area contributed by atoms with Crippen LogP contribution in [0, 0.1) is 0 Å². The van der Waals surface area contributed by atoms with Gasteiger partial charge in [0.1, 0.15) is 0 Å². The van der Waals surface area contributed by atoms with Gasteiger partial charge in [-0.1, -0.05) is 36.4 Å². The van der Waals surface area contributed by atoms with E-state index in [1.165, 1.54) is 19.1 Å². The molecule has 2 aromatic carbocycles. The van der Waals surface area contributed by atoms with Gasteiger partial charge in [0.05, 0.1) is 10.9 Å². The van der Waals surface area contributed by atoms with Gasteiger partial charge in [0.25, 0.3) is 0 Å². The maximum absolute atomic E-state index is 12.1. The Hall–Kier alpha value is -2.18. The van der Waals surface area contributed by atoms with Crippen LogP contribution in [0.2, 0.25) is 0 Å². The largest absolute Gasteiger partial charge is 0.325 e. The van der Waals surface area contributed by atoms with Crippen molar-refractivity contribution < 1.29 is 13.2 Å². The number of hydrogen-bond acceptors (Lipinski definition) is 3. The molecule has 1 unspecified atom stereocenters. The fourth-order valence-electron chi connectivity index (χ4n) is 1.73. The van der Waals surface area contributed by atoms with Crippen molar-refractivity contribution in [2.45, 2.75) is 17.9 Å². The van der Waals surface area contributed by atoms with Gasteiger partial charge in [-0.15, -0.1) is 0 Å². The van der Waals surface area contributed by atoms with Crippen LogP contribution in [-0.2, 0) is 14.8 Å². The highest BCUT2D eigenvalue weighted by Crippen LogP contribution is 2.09. The number of anilines is 1. The minimum atomic E-state index is -3.71. The molecule has 0 radical (unpaired) electrons. The normalized spacial score (nSPS) is 12.6. The molecule has 0 spiro atoms. The third-order valence-corrected chi connectivity index (χ3v) is 4.38. The van der Waals surface area contributed by atoms with E-state index in [-0.39, 0.29) is 4.90 Å². The molecular weight excluding hydrogens is 288 g/mol. The lowest BCUT2D eigenvalue weighted by Gasteiger charge is -2.14. The van der Waals surface area contributed by atoms with E-state index in [1.54, 1.807) is 42.5 Å². The topological polar surface area (TPSA) is 75.3 Å². The van der Waals surface area contributed by atoms with Crippen molar-refractivity contribution in [2.24, 2.45) is 0 Å². The molecule has 5 nitrogen and oxygen atoms in total. The molecule has 0 aliphatic rings. The van der Waals surface area contributed by atoms with E-state index in [1.807, 2.05) is 6.07 Å². The standard InChI is InChI=1S/C15H16N2O3S/c1-12(15(18)16-13-8-4-2-5-9-13)17-21(19,20)14-10-6-3-7-11-14/h2-12,17H,1H3,(H,16,18). The lowest BCUT2D eigenvalue weighted by atomic mass is 10.3. The van der Waals surface area contributed by atoms with Crippen molar-refractivity contribution in [1.82, 2.24) is 4.72 Å². The molecule has 1 atom stereocenters. The Balaban J connectivity index is 2.04. The Kier molecular flexibility index (Phi) is 4.72. The number of carbonyl (C=O) groups is 1. The van der Waals surface area contributed by atoms with E-state index < -0.39 is 22.0 Å². The van der Waals surface area contributed by atoms with Gasteiger partial charge in [-0.25, -0.2) is 8.42 Å². The molecule has 0 saturated heterocycles. The van der Waals surface area contributed by atoms with Crippen LogP contribution < -0.4 is 10.0 Å². The van der Waals surface area contributed by atoms with Crippen LogP contribution in [0.5, 0.6) is 0 Å². The summed E-state index contributed by atoms with van der Waals surface area (Å²) in [4.78, 5) is 12.1. The second-order valence-corrected chi connectivity index (χ2v) is 6.23. The average molecular weight is 304 g/mol. The minimum Gasteiger partial charge on any atom is -0.325 e. The van der Waals surface area contributed by atoms with Crippen LogP contribution in [0.25, 0.3) is 0 Å². The molecule has 0 fully saturated rings. The number of carbonyl (C=O) groups excluding carboxylic acids is 1. The van der Waals surface area contributed by atoms with Crippen LogP contribution >= 0.6 is 0 Å². The van der Waals surface area contributed by atoms with Crippen LogP contribution in [-0.4, -0.2) is 20.4 Å². The molecule has 2 aromatic rings. The maximum Gasteiger partial charge on any atom is 0.242 e. The highest BCUT2D eigenvalue weighted by Gasteiger charge is 2.21. The number of sulfonamides is 1. The number of amides is 1. The summed E-state index contributed by atoms with van der Waals surface area (Å²) in [6, 6.07) is 15.9. The molecule has 110 valence electrons. The SMILES string of the molecule is CC(NS(=O)(=O)c1ccccc1)C(=O)Nc1ccccc1. The fraction of sp³-hybridized carbons (Fsp3) is 0.133.